The molecule has 0 bridgehead atoms. The van der Waals surface area contributed by atoms with Crippen LogP contribution in [0, 0.1) is 0 Å². The fraction of sp³-hybridized carbons (Fsp3) is 0.0200. The molecule has 1 heterocycles. The SMILES string of the molecule is c1ccc(-c2ccc(-c3c4ccccc4c(-c4cccc5c4-c4ncccc4C5(c4ccccc4)c4ccccc4)c4ccccc34)cc2)cc1. The molecule has 238 valence electrons. The van der Waals surface area contributed by atoms with Crippen LogP contribution in [0.5, 0.6) is 0 Å². The van der Waals surface area contributed by atoms with E-state index in [-0.39, 0.29) is 0 Å². The first-order valence-corrected chi connectivity index (χ1v) is 17.6. The summed E-state index contributed by atoms with van der Waals surface area (Å²) in [5.41, 5.74) is 14.1. The van der Waals surface area contributed by atoms with Crippen LogP contribution >= 0.6 is 0 Å². The zero-order valence-corrected chi connectivity index (χ0v) is 28.0. The normalized spacial score (nSPS) is 12.9. The average molecular weight is 648 g/mol. The molecule has 10 rings (SSSR count). The average Bonchev–Trinajstić information content (AvgIpc) is 3.52. The van der Waals surface area contributed by atoms with Crippen LogP contribution in [0.25, 0.3) is 66.2 Å². The van der Waals surface area contributed by atoms with Crippen LogP contribution in [0.1, 0.15) is 22.3 Å². The van der Waals surface area contributed by atoms with E-state index in [1.807, 2.05) is 6.20 Å². The number of nitrogens with zero attached hydrogens (tertiary/aromatic N) is 1. The Labute approximate surface area is 298 Å². The van der Waals surface area contributed by atoms with Crippen molar-refractivity contribution >= 4 is 21.5 Å². The Kier molecular flexibility index (Phi) is 6.79. The van der Waals surface area contributed by atoms with E-state index in [0.29, 0.717) is 0 Å². The van der Waals surface area contributed by atoms with Crippen molar-refractivity contribution < 1.29 is 0 Å². The molecule has 0 radical (unpaired) electrons. The number of fused-ring (bicyclic) bond motifs is 5. The molecule has 1 aromatic heterocycles. The van der Waals surface area contributed by atoms with Crippen molar-refractivity contribution in [2.24, 2.45) is 0 Å². The summed E-state index contributed by atoms with van der Waals surface area (Å²) in [7, 11) is 0. The Morgan fingerprint density at radius 3 is 1.37 bits per heavy atom. The second-order valence-corrected chi connectivity index (χ2v) is 13.4. The van der Waals surface area contributed by atoms with Crippen LogP contribution in [0.15, 0.2) is 200 Å². The van der Waals surface area contributed by atoms with Gasteiger partial charge in [-0.25, -0.2) is 0 Å². The van der Waals surface area contributed by atoms with Crippen molar-refractivity contribution in [1.82, 2.24) is 4.98 Å². The fourth-order valence-corrected chi connectivity index (χ4v) is 8.74. The first-order chi connectivity index (χ1) is 25.3. The fourth-order valence-electron chi connectivity index (χ4n) is 8.74. The lowest BCUT2D eigenvalue weighted by atomic mass is 9.67. The van der Waals surface area contributed by atoms with Gasteiger partial charge >= 0.3 is 0 Å². The predicted octanol–water partition coefficient (Wildman–Crippen LogP) is 12.8. The molecule has 1 heteroatoms. The third kappa shape index (κ3) is 4.38. The van der Waals surface area contributed by atoms with E-state index < -0.39 is 5.41 Å². The Balaban J connectivity index is 1.28. The molecule has 9 aromatic rings. The molecular formula is C50H33N. The number of rotatable bonds is 5. The van der Waals surface area contributed by atoms with Gasteiger partial charge in [-0.05, 0) is 83.2 Å². The van der Waals surface area contributed by atoms with E-state index >= 15 is 0 Å². The van der Waals surface area contributed by atoms with E-state index in [9.17, 15) is 0 Å². The predicted molar refractivity (Wildman–Crippen MR) is 213 cm³/mol. The van der Waals surface area contributed by atoms with E-state index in [0.717, 1.165) is 5.69 Å². The molecule has 0 saturated carbocycles. The molecule has 0 amide bonds. The lowest BCUT2D eigenvalue weighted by molar-refractivity contribution is 0.766. The Bertz CT molecular complexity index is 2620. The van der Waals surface area contributed by atoms with Crippen LogP contribution in [0.4, 0.5) is 0 Å². The molecule has 0 spiro atoms. The van der Waals surface area contributed by atoms with Crippen LogP contribution in [-0.2, 0) is 5.41 Å². The lowest BCUT2D eigenvalue weighted by Gasteiger charge is -2.33. The van der Waals surface area contributed by atoms with Crippen molar-refractivity contribution in [1.29, 1.82) is 0 Å². The first kappa shape index (κ1) is 29.4. The molecule has 0 atom stereocenters. The van der Waals surface area contributed by atoms with Gasteiger partial charge in [-0.2, -0.15) is 0 Å². The highest BCUT2D eigenvalue weighted by molar-refractivity contribution is 6.22. The number of hydrogen-bond acceptors (Lipinski definition) is 1. The zero-order chi connectivity index (χ0) is 33.8. The number of aromatic nitrogens is 1. The van der Waals surface area contributed by atoms with Crippen molar-refractivity contribution in [2.45, 2.75) is 5.41 Å². The summed E-state index contributed by atoms with van der Waals surface area (Å²) >= 11 is 0. The number of pyridine rings is 1. The van der Waals surface area contributed by atoms with Gasteiger partial charge in [0.05, 0.1) is 11.1 Å². The molecule has 0 unspecified atom stereocenters. The minimum Gasteiger partial charge on any atom is -0.256 e. The zero-order valence-electron chi connectivity index (χ0n) is 28.0. The maximum atomic E-state index is 5.19. The van der Waals surface area contributed by atoms with E-state index in [1.165, 1.54) is 82.7 Å². The van der Waals surface area contributed by atoms with Gasteiger partial charge in [0.2, 0.25) is 0 Å². The van der Waals surface area contributed by atoms with Gasteiger partial charge in [0, 0.05) is 11.8 Å². The standard InChI is InChI=1S/C50H33N/c1-4-16-34(17-5-1)35-29-31-36(32-30-35)46-39-22-10-12-24-41(39)47(42-25-13-11-23-40(42)46)43-26-14-27-44-48(43)49-45(28-15-33-51-49)50(44,37-18-6-2-7-19-37)38-20-8-3-9-21-38/h1-33H. The molecule has 51 heavy (non-hydrogen) atoms. The van der Waals surface area contributed by atoms with Crippen molar-refractivity contribution in [3.8, 4) is 44.6 Å². The third-order valence-corrected chi connectivity index (χ3v) is 10.8. The summed E-state index contributed by atoms with van der Waals surface area (Å²) in [5, 5.41) is 4.96. The molecule has 0 fully saturated rings. The summed E-state index contributed by atoms with van der Waals surface area (Å²) < 4.78 is 0. The highest BCUT2D eigenvalue weighted by Crippen LogP contribution is 2.58. The lowest BCUT2D eigenvalue weighted by Crippen LogP contribution is -2.28. The minimum atomic E-state index is -0.510. The molecule has 1 aliphatic rings. The van der Waals surface area contributed by atoms with Crippen LogP contribution in [0.2, 0.25) is 0 Å². The second kappa shape index (κ2) is 11.8. The first-order valence-electron chi connectivity index (χ1n) is 17.6. The minimum absolute atomic E-state index is 0.510. The van der Waals surface area contributed by atoms with E-state index in [2.05, 4.69) is 194 Å². The summed E-state index contributed by atoms with van der Waals surface area (Å²) in [4.78, 5) is 5.19. The monoisotopic (exact) mass is 647 g/mol. The Hall–Kier alpha value is -6.57. The molecule has 1 nitrogen and oxygen atoms in total. The quantitative estimate of drug-likeness (QED) is 0.169. The van der Waals surface area contributed by atoms with Gasteiger partial charge in [0.1, 0.15) is 0 Å². The van der Waals surface area contributed by atoms with Gasteiger partial charge in [0.15, 0.2) is 0 Å². The van der Waals surface area contributed by atoms with Crippen molar-refractivity contribution in [3.63, 3.8) is 0 Å². The second-order valence-electron chi connectivity index (χ2n) is 13.4. The van der Waals surface area contributed by atoms with Gasteiger partial charge in [0.25, 0.3) is 0 Å². The van der Waals surface area contributed by atoms with E-state index in [4.69, 9.17) is 4.98 Å². The Morgan fingerprint density at radius 1 is 0.314 bits per heavy atom. The summed E-state index contributed by atoms with van der Waals surface area (Å²) in [6.07, 6.45) is 1.95. The van der Waals surface area contributed by atoms with Crippen molar-refractivity contribution in [2.75, 3.05) is 0 Å². The Morgan fingerprint density at radius 2 is 0.784 bits per heavy atom. The maximum Gasteiger partial charge on any atom is 0.0759 e. The number of benzene rings is 8. The smallest absolute Gasteiger partial charge is 0.0759 e. The highest BCUT2D eigenvalue weighted by Gasteiger charge is 2.47. The third-order valence-electron chi connectivity index (χ3n) is 10.8. The largest absolute Gasteiger partial charge is 0.256 e. The van der Waals surface area contributed by atoms with Gasteiger partial charge < -0.3 is 0 Å². The molecular weight excluding hydrogens is 615 g/mol. The van der Waals surface area contributed by atoms with E-state index in [1.54, 1.807) is 0 Å². The topological polar surface area (TPSA) is 12.9 Å². The molecule has 0 saturated heterocycles. The molecule has 8 aromatic carbocycles. The molecule has 1 aliphatic carbocycles. The van der Waals surface area contributed by atoms with Gasteiger partial charge in [-0.1, -0.05) is 188 Å². The summed E-state index contributed by atoms with van der Waals surface area (Å²) in [6, 6.07) is 70.7. The maximum absolute atomic E-state index is 5.19. The number of hydrogen-bond donors (Lipinski definition) is 0. The summed E-state index contributed by atoms with van der Waals surface area (Å²) in [5.74, 6) is 0. The summed E-state index contributed by atoms with van der Waals surface area (Å²) in [6.45, 7) is 0. The van der Waals surface area contributed by atoms with Gasteiger partial charge in [-0.15, -0.1) is 0 Å². The molecule has 0 N–H and O–H groups in total. The highest BCUT2D eigenvalue weighted by atomic mass is 14.7. The van der Waals surface area contributed by atoms with Crippen LogP contribution in [0.3, 0.4) is 0 Å². The van der Waals surface area contributed by atoms with Crippen LogP contribution in [-0.4, -0.2) is 4.98 Å². The molecule has 0 aliphatic heterocycles. The van der Waals surface area contributed by atoms with Gasteiger partial charge in [-0.3, -0.25) is 4.98 Å². The van der Waals surface area contributed by atoms with Crippen LogP contribution < -0.4 is 0 Å². The van der Waals surface area contributed by atoms with Crippen molar-refractivity contribution in [3.05, 3.63) is 223 Å².